The molecule has 0 saturated heterocycles. The molecule has 14 heavy (non-hydrogen) atoms. The van der Waals surface area contributed by atoms with Gasteiger partial charge in [-0.25, -0.2) is 8.42 Å². The van der Waals surface area contributed by atoms with Gasteiger partial charge in [0.15, 0.2) is 9.84 Å². The Labute approximate surface area is 85.5 Å². The second-order valence-corrected chi connectivity index (χ2v) is 5.20. The van der Waals surface area contributed by atoms with Gasteiger partial charge in [-0.2, -0.15) is 0 Å². The molecular formula is C8H19NO4S. The van der Waals surface area contributed by atoms with Crippen LogP contribution in [-0.4, -0.2) is 53.4 Å². The van der Waals surface area contributed by atoms with Crippen molar-refractivity contribution >= 4 is 9.84 Å². The van der Waals surface area contributed by atoms with Gasteiger partial charge in [0.05, 0.1) is 24.7 Å². The number of sulfone groups is 1. The molecule has 0 aliphatic carbocycles. The van der Waals surface area contributed by atoms with Crippen molar-refractivity contribution < 1.29 is 17.9 Å². The summed E-state index contributed by atoms with van der Waals surface area (Å²) in [6.07, 6.45) is 0.520. The number of nitrogens with two attached hydrogens (primary N) is 1. The molecular weight excluding hydrogens is 206 g/mol. The van der Waals surface area contributed by atoms with Crippen molar-refractivity contribution in [3.8, 4) is 0 Å². The van der Waals surface area contributed by atoms with E-state index in [-0.39, 0.29) is 18.1 Å². The topological polar surface area (TPSA) is 78.6 Å². The maximum Gasteiger partial charge on any atom is 0.151 e. The SMILES string of the molecule is COCCOCCCS(=O)(=O)CCN. The van der Waals surface area contributed by atoms with E-state index in [0.717, 1.165) is 0 Å². The molecule has 0 aromatic carbocycles. The normalized spacial score (nSPS) is 11.9. The summed E-state index contributed by atoms with van der Waals surface area (Å²) in [5, 5.41) is 0. The Hall–Kier alpha value is -0.170. The molecule has 0 fully saturated rings. The molecule has 0 atom stereocenters. The minimum atomic E-state index is -2.96. The molecule has 0 bridgehead atoms. The van der Waals surface area contributed by atoms with Crippen LogP contribution in [-0.2, 0) is 19.3 Å². The number of hydrogen-bond acceptors (Lipinski definition) is 5. The Morgan fingerprint density at radius 3 is 2.43 bits per heavy atom. The summed E-state index contributed by atoms with van der Waals surface area (Å²) in [6, 6.07) is 0. The van der Waals surface area contributed by atoms with E-state index in [2.05, 4.69) is 0 Å². The smallest absolute Gasteiger partial charge is 0.151 e. The first-order valence-corrected chi connectivity index (χ1v) is 6.41. The second-order valence-electron chi connectivity index (χ2n) is 2.90. The highest BCUT2D eigenvalue weighted by molar-refractivity contribution is 7.91. The fraction of sp³-hybridized carbons (Fsp3) is 1.00. The molecule has 0 aliphatic heterocycles. The highest BCUT2D eigenvalue weighted by Gasteiger charge is 2.08. The summed E-state index contributed by atoms with van der Waals surface area (Å²) in [5.74, 6) is 0.211. The highest BCUT2D eigenvalue weighted by atomic mass is 32.2. The Bertz CT molecular complexity index is 215. The van der Waals surface area contributed by atoms with E-state index in [1.807, 2.05) is 0 Å². The minimum absolute atomic E-state index is 0.0606. The van der Waals surface area contributed by atoms with Gasteiger partial charge in [-0.1, -0.05) is 0 Å². The first-order valence-electron chi connectivity index (χ1n) is 4.59. The Morgan fingerprint density at radius 1 is 1.14 bits per heavy atom. The van der Waals surface area contributed by atoms with Crippen molar-refractivity contribution in [1.82, 2.24) is 0 Å². The zero-order valence-corrected chi connectivity index (χ0v) is 9.38. The molecule has 0 rings (SSSR count). The summed E-state index contributed by atoms with van der Waals surface area (Å²) < 4.78 is 32.2. The van der Waals surface area contributed by atoms with Gasteiger partial charge >= 0.3 is 0 Å². The molecule has 0 spiro atoms. The van der Waals surface area contributed by atoms with Crippen LogP contribution in [0.4, 0.5) is 0 Å². The van der Waals surface area contributed by atoms with Crippen molar-refractivity contribution in [2.45, 2.75) is 6.42 Å². The predicted octanol–water partition coefficient (Wildman–Crippen LogP) is -0.587. The molecule has 5 nitrogen and oxygen atoms in total. The van der Waals surface area contributed by atoms with Gasteiger partial charge in [0.1, 0.15) is 0 Å². The molecule has 6 heteroatoms. The van der Waals surface area contributed by atoms with Crippen LogP contribution in [0.25, 0.3) is 0 Å². The van der Waals surface area contributed by atoms with Crippen LogP contribution in [0.2, 0.25) is 0 Å². The quantitative estimate of drug-likeness (QED) is 0.531. The van der Waals surface area contributed by atoms with Gasteiger partial charge in [-0.15, -0.1) is 0 Å². The molecule has 0 saturated carbocycles. The average molecular weight is 225 g/mol. The number of ether oxygens (including phenoxy) is 2. The number of methoxy groups -OCH3 is 1. The van der Waals surface area contributed by atoms with Crippen molar-refractivity contribution in [2.75, 3.05) is 45.0 Å². The molecule has 0 amide bonds. The van der Waals surface area contributed by atoms with E-state index >= 15 is 0 Å². The molecule has 2 N–H and O–H groups in total. The molecule has 0 heterocycles. The van der Waals surface area contributed by atoms with Crippen LogP contribution in [0, 0.1) is 0 Å². The molecule has 0 unspecified atom stereocenters. The monoisotopic (exact) mass is 225 g/mol. The first-order chi connectivity index (χ1) is 6.62. The molecule has 86 valence electrons. The van der Waals surface area contributed by atoms with Crippen molar-refractivity contribution in [2.24, 2.45) is 5.73 Å². The Balaban J connectivity index is 3.35. The number of hydrogen-bond donors (Lipinski definition) is 1. The maximum atomic E-state index is 11.2. The lowest BCUT2D eigenvalue weighted by molar-refractivity contribution is 0.0712. The van der Waals surface area contributed by atoms with Crippen LogP contribution in [0.1, 0.15) is 6.42 Å². The first kappa shape index (κ1) is 13.8. The summed E-state index contributed by atoms with van der Waals surface area (Å²) in [4.78, 5) is 0. The Kier molecular flexibility index (Phi) is 8.07. The summed E-state index contributed by atoms with van der Waals surface area (Å²) in [6.45, 7) is 1.68. The van der Waals surface area contributed by atoms with Gasteiger partial charge < -0.3 is 15.2 Å². The Morgan fingerprint density at radius 2 is 1.86 bits per heavy atom. The third kappa shape index (κ3) is 8.43. The molecule has 0 aromatic heterocycles. The zero-order chi connectivity index (χ0) is 10.9. The third-order valence-electron chi connectivity index (χ3n) is 1.60. The van der Waals surface area contributed by atoms with E-state index in [9.17, 15) is 8.42 Å². The maximum absolute atomic E-state index is 11.2. The molecule has 0 aromatic rings. The lowest BCUT2D eigenvalue weighted by atomic mass is 10.5. The van der Waals surface area contributed by atoms with Gasteiger partial charge in [-0.3, -0.25) is 0 Å². The zero-order valence-electron chi connectivity index (χ0n) is 8.57. The molecule has 0 radical (unpaired) electrons. The van der Waals surface area contributed by atoms with Crippen LogP contribution < -0.4 is 5.73 Å². The van der Waals surface area contributed by atoms with Crippen LogP contribution in [0.3, 0.4) is 0 Å². The summed E-state index contributed by atoms with van der Waals surface area (Å²) in [5.41, 5.74) is 5.16. The standard InChI is InChI=1S/C8H19NO4S/c1-12-5-6-13-4-2-7-14(10,11)8-3-9/h2-9H2,1H3. The predicted molar refractivity (Wildman–Crippen MR) is 55.0 cm³/mol. The number of rotatable bonds is 9. The highest BCUT2D eigenvalue weighted by Crippen LogP contribution is 1.93. The van der Waals surface area contributed by atoms with E-state index in [4.69, 9.17) is 15.2 Å². The average Bonchev–Trinajstić information content (AvgIpc) is 2.11. The van der Waals surface area contributed by atoms with E-state index in [1.165, 1.54) is 0 Å². The van der Waals surface area contributed by atoms with Gasteiger partial charge in [0, 0.05) is 20.3 Å². The van der Waals surface area contributed by atoms with Crippen molar-refractivity contribution in [3.63, 3.8) is 0 Å². The third-order valence-corrected chi connectivity index (χ3v) is 3.37. The van der Waals surface area contributed by atoms with Gasteiger partial charge in [0.2, 0.25) is 0 Å². The summed E-state index contributed by atoms with van der Waals surface area (Å²) >= 11 is 0. The van der Waals surface area contributed by atoms with E-state index in [0.29, 0.717) is 26.2 Å². The minimum Gasteiger partial charge on any atom is -0.382 e. The van der Waals surface area contributed by atoms with Gasteiger partial charge in [0.25, 0.3) is 0 Å². The van der Waals surface area contributed by atoms with Crippen molar-refractivity contribution in [1.29, 1.82) is 0 Å². The fourth-order valence-corrected chi connectivity index (χ4v) is 2.03. The van der Waals surface area contributed by atoms with Gasteiger partial charge in [-0.05, 0) is 6.42 Å². The van der Waals surface area contributed by atoms with E-state index in [1.54, 1.807) is 7.11 Å². The van der Waals surface area contributed by atoms with Crippen LogP contribution in [0.5, 0.6) is 0 Å². The molecule has 0 aliphatic rings. The van der Waals surface area contributed by atoms with Crippen LogP contribution >= 0.6 is 0 Å². The second kappa shape index (κ2) is 8.16. The summed E-state index contributed by atoms with van der Waals surface area (Å²) in [7, 11) is -1.37. The van der Waals surface area contributed by atoms with Crippen molar-refractivity contribution in [3.05, 3.63) is 0 Å². The largest absolute Gasteiger partial charge is 0.382 e. The van der Waals surface area contributed by atoms with Crippen LogP contribution in [0.15, 0.2) is 0 Å². The fourth-order valence-electron chi connectivity index (χ4n) is 0.907. The lowest BCUT2D eigenvalue weighted by Crippen LogP contribution is -2.19. The van der Waals surface area contributed by atoms with E-state index < -0.39 is 9.84 Å². The lowest BCUT2D eigenvalue weighted by Gasteiger charge is -2.04.